The molecular formula is C6H11FNO. The maximum absolute atomic E-state index is 12.6. The van der Waals surface area contributed by atoms with Crippen molar-refractivity contribution in [3.05, 3.63) is 6.61 Å². The largest absolute Gasteiger partial charge is 0.372 e. The van der Waals surface area contributed by atoms with Crippen molar-refractivity contribution in [1.29, 1.82) is 0 Å². The molecule has 0 bridgehead atoms. The Morgan fingerprint density at radius 2 is 2.44 bits per heavy atom. The molecule has 3 heteroatoms. The van der Waals surface area contributed by atoms with Crippen molar-refractivity contribution in [1.82, 2.24) is 0 Å². The molecule has 1 heterocycles. The van der Waals surface area contributed by atoms with E-state index < -0.39 is 6.17 Å². The summed E-state index contributed by atoms with van der Waals surface area (Å²) in [5.74, 6) is 0. The fourth-order valence-electron chi connectivity index (χ4n) is 0.808. The van der Waals surface area contributed by atoms with Crippen LogP contribution in [-0.4, -0.2) is 18.8 Å². The molecule has 53 valence electrons. The lowest BCUT2D eigenvalue weighted by Gasteiger charge is -2.10. The second-order valence-corrected chi connectivity index (χ2v) is 2.26. The third-order valence-electron chi connectivity index (χ3n) is 1.46. The van der Waals surface area contributed by atoms with Crippen LogP contribution in [0.1, 0.15) is 12.8 Å². The minimum atomic E-state index is -0.983. The summed E-state index contributed by atoms with van der Waals surface area (Å²) in [6.07, 6.45) is 0.478. The smallest absolute Gasteiger partial charge is 0.138 e. The van der Waals surface area contributed by atoms with Crippen LogP contribution in [0.2, 0.25) is 0 Å². The van der Waals surface area contributed by atoms with Crippen LogP contribution in [0.3, 0.4) is 0 Å². The highest BCUT2D eigenvalue weighted by Crippen LogP contribution is 2.11. The zero-order chi connectivity index (χ0) is 6.69. The Bertz CT molecular complexity index is 79.1. The summed E-state index contributed by atoms with van der Waals surface area (Å²) in [6, 6.07) is -0.330. The Morgan fingerprint density at radius 3 is 3.22 bits per heavy atom. The van der Waals surface area contributed by atoms with Crippen LogP contribution in [0.5, 0.6) is 0 Å². The van der Waals surface area contributed by atoms with Crippen molar-refractivity contribution in [2.75, 3.05) is 6.61 Å². The first-order valence-electron chi connectivity index (χ1n) is 3.13. The monoisotopic (exact) mass is 132 g/mol. The minimum Gasteiger partial charge on any atom is -0.372 e. The molecule has 1 radical (unpaired) electrons. The molecule has 1 fully saturated rings. The van der Waals surface area contributed by atoms with E-state index in [1.54, 1.807) is 6.61 Å². The van der Waals surface area contributed by atoms with Gasteiger partial charge in [-0.15, -0.1) is 0 Å². The molecule has 1 aliphatic rings. The van der Waals surface area contributed by atoms with E-state index in [1.165, 1.54) is 0 Å². The van der Waals surface area contributed by atoms with Gasteiger partial charge in [-0.2, -0.15) is 0 Å². The number of hydrogen-bond acceptors (Lipinski definition) is 2. The molecule has 1 saturated heterocycles. The highest BCUT2D eigenvalue weighted by molar-refractivity contribution is 4.76. The molecule has 1 aliphatic heterocycles. The van der Waals surface area contributed by atoms with Gasteiger partial charge in [0.25, 0.3) is 0 Å². The predicted octanol–water partition coefficient (Wildman–Crippen LogP) is 0.624. The number of halogens is 1. The van der Waals surface area contributed by atoms with Gasteiger partial charge in [0.05, 0.1) is 13.2 Å². The van der Waals surface area contributed by atoms with Gasteiger partial charge in [0.2, 0.25) is 0 Å². The summed E-state index contributed by atoms with van der Waals surface area (Å²) < 4.78 is 17.4. The molecule has 2 atom stereocenters. The lowest BCUT2D eigenvalue weighted by Crippen LogP contribution is -2.32. The van der Waals surface area contributed by atoms with E-state index in [1.807, 2.05) is 0 Å². The Morgan fingerprint density at radius 1 is 1.67 bits per heavy atom. The first kappa shape index (κ1) is 6.96. The summed E-state index contributed by atoms with van der Waals surface area (Å²) in [5.41, 5.74) is 5.40. The van der Waals surface area contributed by atoms with E-state index >= 15 is 0 Å². The normalized spacial score (nSPS) is 38.0. The topological polar surface area (TPSA) is 35.2 Å². The highest BCUT2D eigenvalue weighted by atomic mass is 19.1. The van der Waals surface area contributed by atoms with E-state index in [0.717, 1.165) is 6.42 Å². The predicted molar refractivity (Wildman–Crippen MR) is 32.4 cm³/mol. The quantitative estimate of drug-likeness (QED) is 0.524. The number of ether oxygens (including phenoxy) is 1. The van der Waals surface area contributed by atoms with Crippen molar-refractivity contribution >= 4 is 0 Å². The second-order valence-electron chi connectivity index (χ2n) is 2.26. The molecule has 9 heavy (non-hydrogen) atoms. The Kier molecular flexibility index (Phi) is 2.42. The molecule has 2 nitrogen and oxygen atoms in total. The molecule has 2 N–H and O–H groups in total. The number of rotatable bonds is 0. The average molecular weight is 132 g/mol. The summed E-state index contributed by atoms with van der Waals surface area (Å²) in [7, 11) is 0. The average Bonchev–Trinajstić information content (AvgIpc) is 1.99. The number of nitrogens with two attached hydrogens (primary N) is 1. The van der Waals surface area contributed by atoms with Gasteiger partial charge in [0.1, 0.15) is 6.17 Å². The van der Waals surface area contributed by atoms with Gasteiger partial charge in [-0.25, -0.2) is 4.39 Å². The van der Waals surface area contributed by atoms with Crippen LogP contribution in [0, 0.1) is 6.61 Å². The SMILES string of the molecule is NC1CC[CH]OCC1F. The first-order chi connectivity index (χ1) is 4.30. The van der Waals surface area contributed by atoms with Gasteiger partial charge in [0, 0.05) is 6.04 Å². The van der Waals surface area contributed by atoms with Crippen molar-refractivity contribution in [2.24, 2.45) is 5.73 Å². The molecule has 0 aromatic rings. The summed E-state index contributed by atoms with van der Waals surface area (Å²) in [5, 5.41) is 0. The van der Waals surface area contributed by atoms with Gasteiger partial charge in [-0.3, -0.25) is 0 Å². The molecule has 0 spiro atoms. The molecular weight excluding hydrogens is 121 g/mol. The minimum absolute atomic E-state index is 0.126. The zero-order valence-corrected chi connectivity index (χ0v) is 5.22. The van der Waals surface area contributed by atoms with E-state index in [2.05, 4.69) is 0 Å². The van der Waals surface area contributed by atoms with Crippen molar-refractivity contribution in [2.45, 2.75) is 25.1 Å². The van der Waals surface area contributed by atoms with Gasteiger partial charge in [0.15, 0.2) is 0 Å². The van der Waals surface area contributed by atoms with Crippen LogP contribution in [0.25, 0.3) is 0 Å². The third kappa shape index (κ3) is 1.91. The molecule has 0 aliphatic carbocycles. The van der Waals surface area contributed by atoms with Crippen LogP contribution in [-0.2, 0) is 4.74 Å². The van der Waals surface area contributed by atoms with Crippen LogP contribution in [0.4, 0.5) is 4.39 Å². The molecule has 1 rings (SSSR count). The number of hydrogen-bond donors (Lipinski definition) is 1. The fraction of sp³-hybridized carbons (Fsp3) is 0.833. The van der Waals surface area contributed by atoms with Gasteiger partial charge in [-0.05, 0) is 12.8 Å². The maximum atomic E-state index is 12.6. The Labute approximate surface area is 54.2 Å². The van der Waals surface area contributed by atoms with E-state index in [9.17, 15) is 4.39 Å². The van der Waals surface area contributed by atoms with Crippen LogP contribution >= 0.6 is 0 Å². The first-order valence-corrected chi connectivity index (χ1v) is 3.13. The summed E-state index contributed by atoms with van der Waals surface area (Å²) in [4.78, 5) is 0. The molecule has 0 aromatic heterocycles. The maximum Gasteiger partial charge on any atom is 0.138 e. The van der Waals surface area contributed by atoms with Crippen LogP contribution in [0.15, 0.2) is 0 Å². The van der Waals surface area contributed by atoms with Gasteiger partial charge >= 0.3 is 0 Å². The third-order valence-corrected chi connectivity index (χ3v) is 1.46. The van der Waals surface area contributed by atoms with Crippen molar-refractivity contribution in [3.63, 3.8) is 0 Å². The Hall–Kier alpha value is -0.150. The van der Waals surface area contributed by atoms with E-state index in [-0.39, 0.29) is 12.6 Å². The van der Waals surface area contributed by atoms with Gasteiger partial charge in [-0.1, -0.05) is 0 Å². The molecule has 0 amide bonds. The highest BCUT2D eigenvalue weighted by Gasteiger charge is 2.19. The number of alkyl halides is 1. The van der Waals surface area contributed by atoms with E-state index in [0.29, 0.717) is 6.42 Å². The molecule has 0 aromatic carbocycles. The standard InChI is InChI=1S/C6H11FNO/c7-5-4-9-3-1-2-6(5)8/h3,5-6H,1-2,4,8H2. The van der Waals surface area contributed by atoms with Gasteiger partial charge < -0.3 is 10.5 Å². The van der Waals surface area contributed by atoms with Crippen LogP contribution < -0.4 is 5.73 Å². The lowest BCUT2D eigenvalue weighted by atomic mass is 10.1. The molecule has 0 saturated carbocycles. The summed E-state index contributed by atoms with van der Waals surface area (Å²) in [6.45, 7) is 1.75. The summed E-state index contributed by atoms with van der Waals surface area (Å²) >= 11 is 0. The van der Waals surface area contributed by atoms with E-state index in [4.69, 9.17) is 10.5 Å². The lowest BCUT2D eigenvalue weighted by molar-refractivity contribution is 0.129. The molecule has 2 unspecified atom stereocenters. The Balaban J connectivity index is 2.32. The van der Waals surface area contributed by atoms with Crippen molar-refractivity contribution < 1.29 is 9.13 Å². The second kappa shape index (κ2) is 3.13. The fourth-order valence-corrected chi connectivity index (χ4v) is 0.808. The van der Waals surface area contributed by atoms with Crippen molar-refractivity contribution in [3.8, 4) is 0 Å². The zero-order valence-electron chi connectivity index (χ0n) is 5.22.